The van der Waals surface area contributed by atoms with E-state index in [0.29, 0.717) is 5.75 Å². The van der Waals surface area contributed by atoms with E-state index in [2.05, 4.69) is 41.0 Å². The average molecular weight is 396 g/mol. The zero-order chi connectivity index (χ0) is 20.2. The molecule has 0 bridgehead atoms. The van der Waals surface area contributed by atoms with E-state index in [1.807, 2.05) is 29.2 Å². The first-order valence-electron chi connectivity index (χ1n) is 10.6. The van der Waals surface area contributed by atoms with Gasteiger partial charge in [-0.2, -0.15) is 0 Å². The van der Waals surface area contributed by atoms with E-state index in [-0.39, 0.29) is 11.9 Å². The van der Waals surface area contributed by atoms with E-state index < -0.39 is 0 Å². The number of phenolic OH excluding ortho intramolecular Hbond substituents is 1. The summed E-state index contributed by atoms with van der Waals surface area (Å²) in [5.74, 6) is 0.597. The van der Waals surface area contributed by atoms with Crippen LogP contribution < -0.4 is 14.7 Å². The Morgan fingerprint density at radius 3 is 2.14 bits per heavy atom. The van der Waals surface area contributed by atoms with Crippen molar-refractivity contribution in [3.8, 4) is 5.75 Å². The molecule has 2 aromatic carbocycles. The molecule has 154 valence electrons. The number of hydrogen-bond acceptors (Lipinski definition) is 4. The highest BCUT2D eigenvalue weighted by atomic mass is 16.3. The van der Waals surface area contributed by atoms with Gasteiger partial charge in [-0.05, 0) is 31.2 Å². The Hall–Kier alpha value is -2.73. The highest BCUT2D eigenvalue weighted by Gasteiger charge is 2.33. The Kier molecular flexibility index (Phi) is 5.90. The molecule has 1 atom stereocenters. The SMILES string of the molecule is C[C@H](C(=O)N1CCN(c2ccccc2)CC1)[NH+]1CCN(c2ccccc2O)CC1. The molecule has 2 N–H and O–H groups in total. The van der Waals surface area contributed by atoms with Crippen LogP contribution in [-0.4, -0.2) is 74.3 Å². The fourth-order valence-corrected chi connectivity index (χ4v) is 4.47. The molecule has 0 radical (unpaired) electrons. The third-order valence-electron chi connectivity index (χ3n) is 6.32. The molecular formula is C23H31N4O2+. The first kappa shape index (κ1) is 19.6. The number of amides is 1. The van der Waals surface area contributed by atoms with Gasteiger partial charge in [0.05, 0.1) is 31.9 Å². The molecule has 0 aliphatic carbocycles. The van der Waals surface area contributed by atoms with Crippen LogP contribution in [0.4, 0.5) is 11.4 Å². The molecule has 0 spiro atoms. The van der Waals surface area contributed by atoms with Gasteiger partial charge in [0.2, 0.25) is 0 Å². The summed E-state index contributed by atoms with van der Waals surface area (Å²) in [5, 5.41) is 10.1. The second-order valence-corrected chi connectivity index (χ2v) is 8.00. The van der Waals surface area contributed by atoms with E-state index in [1.165, 1.54) is 10.6 Å². The molecule has 1 amide bonds. The smallest absolute Gasteiger partial charge is 0.280 e. The van der Waals surface area contributed by atoms with Crippen LogP contribution in [-0.2, 0) is 4.79 Å². The summed E-state index contributed by atoms with van der Waals surface area (Å²) in [6, 6.07) is 17.9. The van der Waals surface area contributed by atoms with Crippen LogP contribution in [0.2, 0.25) is 0 Å². The number of phenols is 1. The van der Waals surface area contributed by atoms with Crippen molar-refractivity contribution < 1.29 is 14.8 Å². The molecule has 0 aromatic heterocycles. The van der Waals surface area contributed by atoms with Crippen molar-refractivity contribution in [2.24, 2.45) is 0 Å². The third-order valence-corrected chi connectivity index (χ3v) is 6.32. The number of anilines is 2. The molecule has 6 heteroatoms. The molecule has 2 fully saturated rings. The van der Waals surface area contributed by atoms with E-state index >= 15 is 0 Å². The maximum atomic E-state index is 13.1. The molecule has 2 aliphatic heterocycles. The first-order valence-corrected chi connectivity index (χ1v) is 10.6. The molecule has 0 unspecified atom stereocenters. The largest absolute Gasteiger partial charge is 0.506 e. The molecule has 2 heterocycles. The second kappa shape index (κ2) is 8.74. The van der Waals surface area contributed by atoms with Crippen LogP contribution in [0, 0.1) is 0 Å². The number of piperazine rings is 2. The van der Waals surface area contributed by atoms with Crippen molar-refractivity contribution in [2.45, 2.75) is 13.0 Å². The van der Waals surface area contributed by atoms with Gasteiger partial charge in [0.1, 0.15) is 5.75 Å². The Morgan fingerprint density at radius 1 is 0.862 bits per heavy atom. The number of nitrogens with zero attached hydrogens (tertiary/aromatic N) is 3. The van der Waals surface area contributed by atoms with Crippen molar-refractivity contribution in [1.29, 1.82) is 0 Å². The number of aromatic hydroxyl groups is 1. The number of para-hydroxylation sites is 3. The molecule has 2 aromatic rings. The molecule has 0 saturated carbocycles. The van der Waals surface area contributed by atoms with E-state index in [1.54, 1.807) is 6.07 Å². The third kappa shape index (κ3) is 4.32. The van der Waals surface area contributed by atoms with Crippen LogP contribution in [0.25, 0.3) is 0 Å². The monoisotopic (exact) mass is 395 g/mol. The number of benzene rings is 2. The number of carbonyl (C=O) groups is 1. The number of nitrogens with one attached hydrogen (secondary N) is 1. The number of rotatable bonds is 4. The number of carbonyl (C=O) groups excluding carboxylic acids is 1. The summed E-state index contributed by atoms with van der Waals surface area (Å²) < 4.78 is 0. The van der Waals surface area contributed by atoms with Crippen molar-refractivity contribution in [1.82, 2.24) is 4.90 Å². The van der Waals surface area contributed by atoms with Crippen LogP contribution in [0.5, 0.6) is 5.75 Å². The topological polar surface area (TPSA) is 51.5 Å². The zero-order valence-corrected chi connectivity index (χ0v) is 17.1. The Morgan fingerprint density at radius 2 is 1.48 bits per heavy atom. The van der Waals surface area contributed by atoms with Gasteiger partial charge in [-0.1, -0.05) is 30.3 Å². The fraction of sp³-hybridized carbons (Fsp3) is 0.435. The normalized spacial score (nSPS) is 19.3. The van der Waals surface area contributed by atoms with Gasteiger partial charge in [0, 0.05) is 31.9 Å². The summed E-state index contributed by atoms with van der Waals surface area (Å²) >= 11 is 0. The van der Waals surface area contributed by atoms with Gasteiger partial charge in [0.25, 0.3) is 5.91 Å². The fourth-order valence-electron chi connectivity index (χ4n) is 4.47. The van der Waals surface area contributed by atoms with Crippen molar-refractivity contribution >= 4 is 17.3 Å². The quantitative estimate of drug-likeness (QED) is 0.806. The maximum absolute atomic E-state index is 13.1. The van der Waals surface area contributed by atoms with E-state index in [0.717, 1.165) is 58.0 Å². The van der Waals surface area contributed by atoms with Gasteiger partial charge < -0.3 is 24.7 Å². The van der Waals surface area contributed by atoms with Gasteiger partial charge in [0.15, 0.2) is 6.04 Å². The lowest BCUT2D eigenvalue weighted by molar-refractivity contribution is -0.915. The Labute approximate surface area is 172 Å². The molecule has 4 rings (SSSR count). The lowest BCUT2D eigenvalue weighted by atomic mass is 10.1. The summed E-state index contributed by atoms with van der Waals surface area (Å²) in [4.78, 5) is 21.0. The lowest BCUT2D eigenvalue weighted by Gasteiger charge is -2.40. The molecule has 29 heavy (non-hydrogen) atoms. The van der Waals surface area contributed by atoms with Crippen LogP contribution >= 0.6 is 0 Å². The second-order valence-electron chi connectivity index (χ2n) is 8.00. The summed E-state index contributed by atoms with van der Waals surface area (Å²) in [6.07, 6.45) is 0. The number of quaternary nitrogens is 1. The van der Waals surface area contributed by atoms with E-state index in [4.69, 9.17) is 0 Å². The Bertz CT molecular complexity index is 813. The van der Waals surface area contributed by atoms with Gasteiger partial charge >= 0.3 is 0 Å². The Balaban J connectivity index is 1.29. The maximum Gasteiger partial charge on any atom is 0.280 e. The van der Waals surface area contributed by atoms with Crippen molar-refractivity contribution in [3.05, 3.63) is 54.6 Å². The van der Waals surface area contributed by atoms with Crippen LogP contribution in [0.3, 0.4) is 0 Å². The van der Waals surface area contributed by atoms with E-state index in [9.17, 15) is 9.90 Å². The molecule has 2 aliphatic rings. The summed E-state index contributed by atoms with van der Waals surface area (Å²) in [5.41, 5.74) is 2.13. The lowest BCUT2D eigenvalue weighted by Crippen LogP contribution is -3.19. The molecular weight excluding hydrogens is 364 g/mol. The summed E-state index contributed by atoms with van der Waals surface area (Å²) in [6.45, 7) is 8.94. The number of hydrogen-bond donors (Lipinski definition) is 2. The van der Waals surface area contributed by atoms with Gasteiger partial charge in [-0.25, -0.2) is 0 Å². The summed E-state index contributed by atoms with van der Waals surface area (Å²) in [7, 11) is 0. The average Bonchev–Trinajstić information content (AvgIpc) is 2.79. The van der Waals surface area contributed by atoms with Gasteiger partial charge in [-0.15, -0.1) is 0 Å². The highest BCUT2D eigenvalue weighted by Crippen LogP contribution is 2.26. The molecule has 6 nitrogen and oxygen atoms in total. The first-order chi connectivity index (χ1) is 14.1. The van der Waals surface area contributed by atoms with Crippen molar-refractivity contribution in [3.63, 3.8) is 0 Å². The highest BCUT2D eigenvalue weighted by molar-refractivity contribution is 5.80. The standard InChI is InChI=1S/C23H30N4O2/c1-19(24-11-15-26(16-12-24)21-9-5-6-10-22(21)28)23(29)27-17-13-25(14-18-27)20-7-3-2-4-8-20/h2-10,19,28H,11-18H2,1H3/p+1/t19-/m1/s1. The molecule has 2 saturated heterocycles. The van der Waals surface area contributed by atoms with Crippen LogP contribution in [0.15, 0.2) is 54.6 Å². The predicted molar refractivity (Wildman–Crippen MR) is 116 cm³/mol. The van der Waals surface area contributed by atoms with Crippen LogP contribution in [0.1, 0.15) is 6.92 Å². The predicted octanol–water partition coefficient (Wildman–Crippen LogP) is 0.834. The van der Waals surface area contributed by atoms with Crippen molar-refractivity contribution in [2.75, 3.05) is 62.2 Å². The minimum Gasteiger partial charge on any atom is -0.506 e. The van der Waals surface area contributed by atoms with Gasteiger partial charge in [-0.3, -0.25) is 4.79 Å². The minimum atomic E-state index is -0.0233. The minimum absolute atomic E-state index is 0.0233. The zero-order valence-electron chi connectivity index (χ0n) is 17.1.